The van der Waals surface area contributed by atoms with E-state index in [1.807, 2.05) is 0 Å². The minimum Gasteiger partial charge on any atom is -0.495 e. The molecule has 1 aromatic carbocycles. The second kappa shape index (κ2) is 4.74. The topological polar surface area (TPSA) is 42.4 Å². The van der Waals surface area contributed by atoms with Crippen molar-refractivity contribution in [3.05, 3.63) is 59.7 Å². The molecule has 3 nitrogen and oxygen atoms in total. The van der Waals surface area contributed by atoms with Crippen molar-refractivity contribution >= 4 is 0 Å². The standard InChI is InChI=1S/C14H14FNO2/c1-14(17,12-5-3-4-6-13(12)15)10-7-11(18-2)9-16-8-10/h3-9,17H,1-2H3. The van der Waals surface area contributed by atoms with Crippen molar-refractivity contribution in [3.63, 3.8) is 0 Å². The lowest BCUT2D eigenvalue weighted by molar-refractivity contribution is 0.0972. The van der Waals surface area contributed by atoms with Crippen LogP contribution in [0.4, 0.5) is 4.39 Å². The van der Waals surface area contributed by atoms with Crippen LogP contribution in [0.15, 0.2) is 42.7 Å². The average Bonchev–Trinajstić information content (AvgIpc) is 2.39. The maximum Gasteiger partial charge on any atom is 0.137 e. The van der Waals surface area contributed by atoms with E-state index in [9.17, 15) is 9.50 Å². The number of methoxy groups -OCH3 is 1. The van der Waals surface area contributed by atoms with Gasteiger partial charge in [-0.25, -0.2) is 4.39 Å². The number of rotatable bonds is 3. The van der Waals surface area contributed by atoms with E-state index in [2.05, 4.69) is 4.98 Å². The van der Waals surface area contributed by atoms with E-state index in [1.165, 1.54) is 32.5 Å². The molecule has 1 N–H and O–H groups in total. The number of hydrogen-bond donors (Lipinski definition) is 1. The Morgan fingerprint density at radius 2 is 2.00 bits per heavy atom. The Bertz CT molecular complexity index is 555. The molecule has 1 aromatic heterocycles. The molecule has 0 bridgehead atoms. The molecule has 0 saturated carbocycles. The van der Waals surface area contributed by atoms with Crippen molar-refractivity contribution in [2.75, 3.05) is 7.11 Å². The fraction of sp³-hybridized carbons (Fsp3) is 0.214. The fourth-order valence-electron chi connectivity index (χ4n) is 1.81. The summed E-state index contributed by atoms with van der Waals surface area (Å²) < 4.78 is 18.8. The first-order valence-corrected chi connectivity index (χ1v) is 5.52. The van der Waals surface area contributed by atoms with Crippen LogP contribution in [0.2, 0.25) is 0 Å². The zero-order valence-electron chi connectivity index (χ0n) is 10.2. The summed E-state index contributed by atoms with van der Waals surface area (Å²) in [5.41, 5.74) is -0.764. The minimum atomic E-state index is -1.45. The lowest BCUT2D eigenvalue weighted by atomic mass is 9.89. The zero-order valence-corrected chi connectivity index (χ0v) is 10.2. The number of pyridine rings is 1. The van der Waals surface area contributed by atoms with E-state index < -0.39 is 11.4 Å². The maximum atomic E-state index is 13.7. The van der Waals surface area contributed by atoms with Gasteiger partial charge in [0.1, 0.15) is 17.2 Å². The average molecular weight is 247 g/mol. The molecule has 94 valence electrons. The molecule has 0 aliphatic rings. The Labute approximate surface area is 105 Å². The van der Waals surface area contributed by atoms with Crippen LogP contribution in [-0.4, -0.2) is 17.2 Å². The first kappa shape index (κ1) is 12.5. The summed E-state index contributed by atoms with van der Waals surface area (Å²) in [4.78, 5) is 3.97. The van der Waals surface area contributed by atoms with E-state index in [-0.39, 0.29) is 5.56 Å². The van der Waals surface area contributed by atoms with Gasteiger partial charge in [-0.05, 0) is 19.1 Å². The van der Waals surface area contributed by atoms with Crippen molar-refractivity contribution in [2.45, 2.75) is 12.5 Å². The second-order valence-electron chi connectivity index (χ2n) is 4.17. The van der Waals surface area contributed by atoms with E-state index in [1.54, 1.807) is 24.3 Å². The molecule has 0 radical (unpaired) electrons. The van der Waals surface area contributed by atoms with Crippen LogP contribution in [0.5, 0.6) is 5.75 Å². The molecule has 0 saturated heterocycles. The summed E-state index contributed by atoms with van der Waals surface area (Å²) in [5, 5.41) is 10.5. The Balaban J connectivity index is 2.50. The fourth-order valence-corrected chi connectivity index (χ4v) is 1.81. The van der Waals surface area contributed by atoms with E-state index in [4.69, 9.17) is 4.74 Å². The Kier molecular flexibility index (Phi) is 3.30. The predicted octanol–water partition coefficient (Wildman–Crippen LogP) is 2.49. The molecule has 18 heavy (non-hydrogen) atoms. The summed E-state index contributed by atoms with van der Waals surface area (Å²) in [5.74, 6) is 0.0643. The minimum absolute atomic E-state index is 0.208. The molecular formula is C14H14FNO2. The summed E-state index contributed by atoms with van der Waals surface area (Å²) >= 11 is 0. The van der Waals surface area contributed by atoms with Crippen molar-refractivity contribution < 1.29 is 14.2 Å². The highest BCUT2D eigenvalue weighted by atomic mass is 19.1. The van der Waals surface area contributed by atoms with Crippen molar-refractivity contribution in [1.82, 2.24) is 4.98 Å². The summed E-state index contributed by atoms with van der Waals surface area (Å²) in [6.45, 7) is 1.53. The van der Waals surface area contributed by atoms with Crippen LogP contribution < -0.4 is 4.74 Å². The molecule has 2 rings (SSSR count). The van der Waals surface area contributed by atoms with Gasteiger partial charge in [-0.1, -0.05) is 18.2 Å². The van der Waals surface area contributed by atoms with Gasteiger partial charge >= 0.3 is 0 Å². The lowest BCUT2D eigenvalue weighted by Crippen LogP contribution is -2.24. The number of aromatic nitrogens is 1. The third kappa shape index (κ3) is 2.19. The van der Waals surface area contributed by atoms with Crippen LogP contribution in [0.25, 0.3) is 0 Å². The van der Waals surface area contributed by atoms with Crippen molar-refractivity contribution in [2.24, 2.45) is 0 Å². The molecule has 0 aliphatic heterocycles. The van der Waals surface area contributed by atoms with Gasteiger partial charge < -0.3 is 9.84 Å². The van der Waals surface area contributed by atoms with Gasteiger partial charge in [-0.15, -0.1) is 0 Å². The van der Waals surface area contributed by atoms with Crippen LogP contribution in [0, 0.1) is 5.82 Å². The van der Waals surface area contributed by atoms with Crippen LogP contribution in [0.1, 0.15) is 18.1 Å². The maximum absolute atomic E-state index is 13.7. The van der Waals surface area contributed by atoms with E-state index in [0.717, 1.165) is 0 Å². The normalized spacial score (nSPS) is 14.0. The molecule has 1 unspecified atom stereocenters. The zero-order chi connectivity index (χ0) is 13.2. The summed E-state index contributed by atoms with van der Waals surface area (Å²) in [6.07, 6.45) is 3.02. The van der Waals surface area contributed by atoms with Crippen LogP contribution in [0.3, 0.4) is 0 Å². The largest absolute Gasteiger partial charge is 0.495 e. The molecule has 0 fully saturated rings. The van der Waals surface area contributed by atoms with Gasteiger partial charge in [0.05, 0.1) is 13.3 Å². The van der Waals surface area contributed by atoms with Crippen molar-refractivity contribution in [3.8, 4) is 5.75 Å². The quantitative estimate of drug-likeness (QED) is 0.906. The van der Waals surface area contributed by atoms with Gasteiger partial charge in [0.15, 0.2) is 0 Å². The molecule has 0 spiro atoms. The third-order valence-corrected chi connectivity index (χ3v) is 2.91. The summed E-state index contributed by atoms with van der Waals surface area (Å²) in [7, 11) is 1.51. The number of aliphatic hydroxyl groups is 1. The Morgan fingerprint density at radius 3 is 2.67 bits per heavy atom. The van der Waals surface area contributed by atoms with E-state index in [0.29, 0.717) is 11.3 Å². The number of ether oxygens (including phenoxy) is 1. The first-order chi connectivity index (χ1) is 8.55. The summed E-state index contributed by atoms with van der Waals surface area (Å²) in [6, 6.07) is 7.77. The molecule has 4 heteroatoms. The van der Waals surface area contributed by atoms with Gasteiger partial charge in [0.2, 0.25) is 0 Å². The third-order valence-electron chi connectivity index (χ3n) is 2.91. The monoisotopic (exact) mass is 247 g/mol. The first-order valence-electron chi connectivity index (χ1n) is 5.52. The molecule has 0 aliphatic carbocycles. The molecule has 2 aromatic rings. The van der Waals surface area contributed by atoms with Crippen molar-refractivity contribution in [1.29, 1.82) is 0 Å². The highest BCUT2D eigenvalue weighted by Gasteiger charge is 2.29. The number of halogens is 1. The van der Waals surface area contributed by atoms with Gasteiger partial charge in [-0.3, -0.25) is 4.98 Å². The van der Waals surface area contributed by atoms with Gasteiger partial charge in [0.25, 0.3) is 0 Å². The number of benzene rings is 1. The molecule has 1 atom stereocenters. The molecule has 1 heterocycles. The second-order valence-corrected chi connectivity index (χ2v) is 4.17. The molecule has 0 amide bonds. The SMILES string of the molecule is COc1cncc(C(C)(O)c2ccccc2F)c1. The Morgan fingerprint density at radius 1 is 1.28 bits per heavy atom. The number of hydrogen-bond acceptors (Lipinski definition) is 3. The van der Waals surface area contributed by atoms with Gasteiger partial charge in [0, 0.05) is 17.3 Å². The predicted molar refractivity (Wildman–Crippen MR) is 65.9 cm³/mol. The smallest absolute Gasteiger partial charge is 0.137 e. The van der Waals surface area contributed by atoms with Gasteiger partial charge in [-0.2, -0.15) is 0 Å². The van der Waals surface area contributed by atoms with Crippen LogP contribution in [-0.2, 0) is 5.60 Å². The number of nitrogens with zero attached hydrogens (tertiary/aromatic N) is 1. The highest BCUT2D eigenvalue weighted by Crippen LogP contribution is 2.31. The molecular weight excluding hydrogens is 233 g/mol. The lowest BCUT2D eigenvalue weighted by Gasteiger charge is -2.24. The van der Waals surface area contributed by atoms with E-state index >= 15 is 0 Å². The Hall–Kier alpha value is -1.94. The van der Waals surface area contributed by atoms with Crippen LogP contribution >= 0.6 is 0 Å². The highest BCUT2D eigenvalue weighted by molar-refractivity contribution is 5.37.